The van der Waals surface area contributed by atoms with E-state index in [4.69, 9.17) is 0 Å². The Bertz CT molecular complexity index is 542. The number of alkyl halides is 3. The van der Waals surface area contributed by atoms with Crippen LogP contribution < -0.4 is 5.32 Å². The average molecular weight is 381 g/mol. The lowest BCUT2D eigenvalue weighted by atomic mass is 9.96. The van der Waals surface area contributed by atoms with Crippen LogP contribution in [0.4, 0.5) is 17.6 Å². The van der Waals surface area contributed by atoms with Gasteiger partial charge in [0.1, 0.15) is 5.82 Å². The first kappa shape index (κ1) is 21.9. The maximum Gasteiger partial charge on any atom is 0.416 e. The van der Waals surface area contributed by atoms with E-state index < -0.39 is 17.6 Å². The van der Waals surface area contributed by atoms with Gasteiger partial charge in [0, 0.05) is 37.8 Å². The topological polar surface area (TPSA) is 15.3 Å². The van der Waals surface area contributed by atoms with Gasteiger partial charge >= 0.3 is 6.18 Å². The number of nitrogens with one attached hydrogen (secondary N) is 1. The molecule has 25 heavy (non-hydrogen) atoms. The van der Waals surface area contributed by atoms with Gasteiger partial charge in [-0.05, 0) is 31.4 Å². The van der Waals surface area contributed by atoms with Crippen LogP contribution in [-0.2, 0) is 6.18 Å². The Balaban J connectivity index is 0.00000312. The number of benzene rings is 1. The van der Waals surface area contributed by atoms with E-state index in [1.165, 1.54) is 6.07 Å². The van der Waals surface area contributed by atoms with Crippen molar-refractivity contribution in [1.82, 2.24) is 10.2 Å². The van der Waals surface area contributed by atoms with Crippen LogP contribution in [0.5, 0.6) is 0 Å². The van der Waals surface area contributed by atoms with E-state index in [1.54, 1.807) is 0 Å². The second kappa shape index (κ2) is 10.1. The van der Waals surface area contributed by atoms with Crippen LogP contribution in [0.2, 0.25) is 0 Å². The second-order valence-corrected chi connectivity index (χ2v) is 6.11. The van der Waals surface area contributed by atoms with E-state index >= 15 is 0 Å². The molecule has 1 aliphatic heterocycles. The third kappa shape index (κ3) is 6.28. The molecule has 1 aromatic rings. The van der Waals surface area contributed by atoms with E-state index in [0.29, 0.717) is 11.6 Å². The fourth-order valence-corrected chi connectivity index (χ4v) is 3.13. The molecule has 0 unspecified atom stereocenters. The Labute approximate surface area is 152 Å². The summed E-state index contributed by atoms with van der Waals surface area (Å²) in [6.07, 6.45) is 0.793. The molecule has 0 aromatic heterocycles. The Morgan fingerprint density at radius 2 is 1.88 bits per heavy atom. The number of hydrogen-bond acceptors (Lipinski definition) is 2. The van der Waals surface area contributed by atoms with Gasteiger partial charge in [-0.3, -0.25) is 4.90 Å². The van der Waals surface area contributed by atoms with Crippen molar-refractivity contribution in [2.45, 2.75) is 37.9 Å². The Kier molecular flexibility index (Phi) is 8.89. The summed E-state index contributed by atoms with van der Waals surface area (Å²) in [4.78, 5) is 2.16. The predicted octanol–water partition coefficient (Wildman–Crippen LogP) is 4.96. The number of piperazine rings is 1. The van der Waals surface area contributed by atoms with Crippen LogP contribution in [0.3, 0.4) is 0 Å². The van der Waals surface area contributed by atoms with Gasteiger partial charge < -0.3 is 5.32 Å². The molecule has 1 atom stereocenters. The normalized spacial score (nSPS) is 17.0. The lowest BCUT2D eigenvalue weighted by Gasteiger charge is -2.35. The molecule has 1 saturated heterocycles. The summed E-state index contributed by atoms with van der Waals surface area (Å²) >= 11 is 0. The summed E-state index contributed by atoms with van der Waals surface area (Å²) in [5, 5.41) is 3.24. The smallest absolute Gasteiger partial charge is 0.314 e. The second-order valence-electron chi connectivity index (χ2n) is 6.11. The fraction of sp³-hybridized carbons (Fsp3) is 0.556. The maximum atomic E-state index is 14.4. The number of nitrogens with zero attached hydrogens (tertiary/aromatic N) is 1. The first-order chi connectivity index (χ1) is 11.4. The van der Waals surface area contributed by atoms with E-state index in [1.807, 2.05) is 6.08 Å². The number of allylic oxidation sites excluding steroid dienone is 1. The van der Waals surface area contributed by atoms with Gasteiger partial charge in [-0.2, -0.15) is 13.2 Å². The average Bonchev–Trinajstić information content (AvgIpc) is 2.55. The molecule has 0 spiro atoms. The first-order valence-electron chi connectivity index (χ1n) is 8.36. The molecule has 1 aliphatic rings. The van der Waals surface area contributed by atoms with Gasteiger partial charge in [0.05, 0.1) is 5.56 Å². The van der Waals surface area contributed by atoms with E-state index in [-0.39, 0.29) is 18.4 Å². The lowest BCUT2D eigenvalue weighted by Crippen LogP contribution is -2.45. The highest BCUT2D eigenvalue weighted by Crippen LogP contribution is 2.34. The molecule has 0 radical (unpaired) electrons. The van der Waals surface area contributed by atoms with Gasteiger partial charge in [0.2, 0.25) is 0 Å². The van der Waals surface area contributed by atoms with Gasteiger partial charge in [-0.15, -0.1) is 19.0 Å². The standard InChI is InChI=1S/C18H24F4N2.ClH/c1-2-3-4-5-6-17(24-11-9-23-10-12-24)15-8-7-14(13-16(15)19)18(20,21)22;/h2,7-8,13,17,23H,1,3-6,9-12H2;1H/t17-;/m1./s1. The molecular weight excluding hydrogens is 356 g/mol. The molecule has 1 aromatic carbocycles. The highest BCUT2D eigenvalue weighted by Gasteiger charge is 2.32. The first-order valence-corrected chi connectivity index (χ1v) is 8.36. The molecular formula is C18H25ClF4N2. The Hall–Kier alpha value is -1.11. The minimum atomic E-state index is -4.52. The van der Waals surface area contributed by atoms with Crippen molar-refractivity contribution in [2.75, 3.05) is 26.2 Å². The third-order valence-corrected chi connectivity index (χ3v) is 4.41. The minimum absolute atomic E-state index is 0. The zero-order chi connectivity index (χ0) is 17.6. The SMILES string of the molecule is C=CCCCC[C@H](c1ccc(C(F)(F)F)cc1F)N1CCNCC1.Cl. The van der Waals surface area contributed by atoms with Crippen molar-refractivity contribution < 1.29 is 17.6 Å². The summed E-state index contributed by atoms with van der Waals surface area (Å²) in [5.74, 6) is -0.767. The number of unbranched alkanes of at least 4 members (excludes halogenated alkanes) is 2. The van der Waals surface area contributed by atoms with E-state index in [2.05, 4.69) is 16.8 Å². The molecule has 1 heterocycles. The lowest BCUT2D eigenvalue weighted by molar-refractivity contribution is -0.137. The monoisotopic (exact) mass is 380 g/mol. The third-order valence-electron chi connectivity index (χ3n) is 4.41. The van der Waals surface area contributed by atoms with Crippen molar-refractivity contribution in [1.29, 1.82) is 0 Å². The summed E-state index contributed by atoms with van der Waals surface area (Å²) in [6, 6.07) is 2.73. The van der Waals surface area contributed by atoms with Crippen LogP contribution in [0.15, 0.2) is 30.9 Å². The maximum absolute atomic E-state index is 14.4. The van der Waals surface area contributed by atoms with E-state index in [9.17, 15) is 17.6 Å². The minimum Gasteiger partial charge on any atom is -0.314 e. The van der Waals surface area contributed by atoms with Crippen molar-refractivity contribution in [3.05, 3.63) is 47.8 Å². The molecule has 0 amide bonds. The zero-order valence-corrected chi connectivity index (χ0v) is 14.9. The molecule has 1 N–H and O–H groups in total. The summed E-state index contributed by atoms with van der Waals surface area (Å²) in [6.45, 7) is 6.85. The summed E-state index contributed by atoms with van der Waals surface area (Å²) in [5.41, 5.74) is -0.571. The quantitative estimate of drug-likeness (QED) is 0.408. The van der Waals surface area contributed by atoms with Gasteiger partial charge in [0.15, 0.2) is 0 Å². The van der Waals surface area contributed by atoms with Crippen molar-refractivity contribution in [3.8, 4) is 0 Å². The van der Waals surface area contributed by atoms with Crippen molar-refractivity contribution in [2.24, 2.45) is 0 Å². The number of hydrogen-bond donors (Lipinski definition) is 1. The van der Waals surface area contributed by atoms with Crippen LogP contribution in [0.1, 0.15) is 42.9 Å². The molecule has 0 saturated carbocycles. The molecule has 1 fully saturated rings. The zero-order valence-electron chi connectivity index (χ0n) is 14.1. The molecule has 7 heteroatoms. The highest BCUT2D eigenvalue weighted by molar-refractivity contribution is 5.85. The summed E-state index contributed by atoms with van der Waals surface area (Å²) in [7, 11) is 0. The van der Waals surface area contributed by atoms with Crippen LogP contribution in [0.25, 0.3) is 0 Å². The fourth-order valence-electron chi connectivity index (χ4n) is 3.13. The van der Waals surface area contributed by atoms with Gasteiger partial charge in [-0.25, -0.2) is 4.39 Å². The molecule has 0 aliphatic carbocycles. The summed E-state index contributed by atoms with van der Waals surface area (Å²) < 4.78 is 52.6. The number of halogens is 5. The van der Waals surface area contributed by atoms with Crippen molar-refractivity contribution >= 4 is 12.4 Å². The number of rotatable bonds is 7. The Morgan fingerprint density at radius 1 is 1.20 bits per heavy atom. The van der Waals surface area contributed by atoms with Crippen LogP contribution in [0, 0.1) is 5.82 Å². The highest BCUT2D eigenvalue weighted by atomic mass is 35.5. The predicted molar refractivity (Wildman–Crippen MR) is 94.5 cm³/mol. The molecule has 142 valence electrons. The molecule has 2 nitrogen and oxygen atoms in total. The van der Waals surface area contributed by atoms with Crippen LogP contribution in [-0.4, -0.2) is 31.1 Å². The molecule has 2 rings (SSSR count). The Morgan fingerprint density at radius 3 is 2.44 bits per heavy atom. The van der Waals surface area contributed by atoms with Gasteiger partial charge in [-0.1, -0.05) is 18.6 Å². The van der Waals surface area contributed by atoms with Crippen LogP contribution >= 0.6 is 12.4 Å². The van der Waals surface area contributed by atoms with E-state index in [0.717, 1.165) is 57.9 Å². The van der Waals surface area contributed by atoms with Gasteiger partial charge in [0.25, 0.3) is 0 Å². The van der Waals surface area contributed by atoms with Crippen molar-refractivity contribution in [3.63, 3.8) is 0 Å². The largest absolute Gasteiger partial charge is 0.416 e. The molecule has 0 bridgehead atoms.